The number of benzene rings is 2. The Kier molecular flexibility index (Phi) is 6.32. The van der Waals surface area contributed by atoms with Crippen LogP contribution in [-0.2, 0) is 13.0 Å². The number of piperazine rings is 1. The van der Waals surface area contributed by atoms with Crippen LogP contribution >= 0.6 is 0 Å². The summed E-state index contributed by atoms with van der Waals surface area (Å²) in [5, 5.41) is 10.8. The maximum Gasteiger partial charge on any atom is 0.0705 e. The van der Waals surface area contributed by atoms with E-state index in [4.69, 9.17) is 0 Å². The van der Waals surface area contributed by atoms with E-state index >= 15 is 0 Å². The van der Waals surface area contributed by atoms with Crippen molar-refractivity contribution in [1.82, 2.24) is 14.8 Å². The van der Waals surface area contributed by atoms with Crippen LogP contribution in [0, 0.1) is 0 Å². The largest absolute Gasteiger partial charge is 0.396 e. The first-order chi connectivity index (χ1) is 13.8. The summed E-state index contributed by atoms with van der Waals surface area (Å²) in [6.07, 6.45) is 3.82. The van der Waals surface area contributed by atoms with Crippen LogP contribution in [0.5, 0.6) is 0 Å². The summed E-state index contributed by atoms with van der Waals surface area (Å²) in [4.78, 5) is 9.57. The molecule has 1 saturated heterocycles. The summed E-state index contributed by atoms with van der Waals surface area (Å²) in [6, 6.07) is 21.6. The van der Waals surface area contributed by atoms with Gasteiger partial charge < -0.3 is 5.11 Å². The van der Waals surface area contributed by atoms with Gasteiger partial charge in [0.2, 0.25) is 0 Å². The van der Waals surface area contributed by atoms with Crippen molar-refractivity contribution in [2.45, 2.75) is 25.4 Å². The van der Waals surface area contributed by atoms with Crippen LogP contribution in [0.3, 0.4) is 0 Å². The van der Waals surface area contributed by atoms with Crippen molar-refractivity contribution < 1.29 is 5.11 Å². The van der Waals surface area contributed by atoms with E-state index in [-0.39, 0.29) is 6.61 Å². The second-order valence-corrected chi connectivity index (χ2v) is 7.66. The van der Waals surface area contributed by atoms with Gasteiger partial charge in [-0.25, -0.2) is 0 Å². The van der Waals surface area contributed by atoms with Crippen LogP contribution in [0.15, 0.2) is 66.9 Å². The predicted molar refractivity (Wildman–Crippen MR) is 114 cm³/mol. The molecule has 2 heterocycles. The smallest absolute Gasteiger partial charge is 0.0705 e. The maximum atomic E-state index is 9.59. The summed E-state index contributed by atoms with van der Waals surface area (Å²) in [6.45, 7) is 5.37. The molecule has 1 aliphatic rings. The second kappa shape index (κ2) is 9.28. The number of pyridine rings is 1. The third-order valence-electron chi connectivity index (χ3n) is 5.81. The number of nitrogens with zero attached hydrogens (tertiary/aromatic N) is 3. The minimum atomic E-state index is 0.249. The van der Waals surface area contributed by atoms with Gasteiger partial charge in [-0.2, -0.15) is 0 Å². The monoisotopic (exact) mass is 375 g/mol. The van der Waals surface area contributed by atoms with Gasteiger partial charge in [-0.3, -0.25) is 14.8 Å². The normalized spacial score (nSPS) is 18.5. The molecule has 0 saturated carbocycles. The Morgan fingerprint density at radius 3 is 2.64 bits per heavy atom. The first kappa shape index (κ1) is 19.1. The van der Waals surface area contributed by atoms with Crippen LogP contribution in [0.25, 0.3) is 10.9 Å². The Hall–Kier alpha value is -2.27. The first-order valence-electron chi connectivity index (χ1n) is 10.3. The molecule has 1 fully saturated rings. The zero-order chi connectivity index (χ0) is 19.2. The quantitative estimate of drug-likeness (QED) is 0.687. The number of aliphatic hydroxyl groups excluding tert-OH is 1. The number of rotatable bonds is 7. The summed E-state index contributed by atoms with van der Waals surface area (Å²) in [7, 11) is 0. The Morgan fingerprint density at radius 2 is 1.79 bits per heavy atom. The van der Waals surface area contributed by atoms with Gasteiger partial charge in [-0.05, 0) is 36.1 Å². The van der Waals surface area contributed by atoms with E-state index in [2.05, 4.69) is 69.4 Å². The number of aromatic nitrogens is 1. The molecule has 4 heteroatoms. The van der Waals surface area contributed by atoms with Gasteiger partial charge in [0, 0.05) is 57.0 Å². The molecular weight excluding hydrogens is 346 g/mol. The molecule has 1 atom stereocenters. The number of fused-ring (bicyclic) bond motifs is 1. The molecule has 28 heavy (non-hydrogen) atoms. The maximum absolute atomic E-state index is 9.59. The highest BCUT2D eigenvalue weighted by Gasteiger charge is 2.26. The number of hydrogen-bond acceptors (Lipinski definition) is 4. The summed E-state index contributed by atoms with van der Waals surface area (Å²) in [5.41, 5.74) is 3.79. The van der Waals surface area contributed by atoms with Crippen molar-refractivity contribution in [3.63, 3.8) is 0 Å². The molecule has 1 N–H and O–H groups in total. The van der Waals surface area contributed by atoms with Gasteiger partial charge in [0.1, 0.15) is 0 Å². The molecule has 1 aromatic heterocycles. The molecule has 3 aromatic rings. The first-order valence-corrected chi connectivity index (χ1v) is 10.3. The third-order valence-corrected chi connectivity index (χ3v) is 5.81. The molecule has 4 nitrogen and oxygen atoms in total. The lowest BCUT2D eigenvalue weighted by molar-refractivity contribution is 0.0564. The van der Waals surface area contributed by atoms with Crippen LogP contribution < -0.4 is 0 Å². The highest BCUT2D eigenvalue weighted by molar-refractivity contribution is 5.81. The minimum absolute atomic E-state index is 0.249. The van der Waals surface area contributed by atoms with Crippen molar-refractivity contribution in [3.05, 3.63) is 78.0 Å². The summed E-state index contributed by atoms with van der Waals surface area (Å²) >= 11 is 0. The number of aliphatic hydroxyl groups is 1. The Morgan fingerprint density at radius 1 is 0.964 bits per heavy atom. The number of hydrogen-bond donors (Lipinski definition) is 1. The van der Waals surface area contributed by atoms with Crippen molar-refractivity contribution >= 4 is 10.9 Å². The fourth-order valence-electron chi connectivity index (χ4n) is 4.27. The standard InChI is InChI=1S/C24H29N3O/c28-17-12-22-19-26(15-16-27(22)14-11-20-6-2-1-3-7-20)18-21-10-13-25-24-9-5-4-8-23(21)24/h1-10,13,22,28H,11-12,14-19H2/t22-/m1/s1. The van der Waals surface area contributed by atoms with Crippen molar-refractivity contribution in [2.75, 3.05) is 32.8 Å². The van der Waals surface area contributed by atoms with E-state index < -0.39 is 0 Å². The van der Waals surface area contributed by atoms with Crippen molar-refractivity contribution in [3.8, 4) is 0 Å². The second-order valence-electron chi connectivity index (χ2n) is 7.66. The van der Waals surface area contributed by atoms with Crippen molar-refractivity contribution in [2.24, 2.45) is 0 Å². The number of para-hydroxylation sites is 1. The molecule has 0 radical (unpaired) electrons. The molecular formula is C24H29N3O. The lowest BCUT2D eigenvalue weighted by Gasteiger charge is -2.41. The van der Waals surface area contributed by atoms with Gasteiger partial charge >= 0.3 is 0 Å². The molecule has 0 bridgehead atoms. The molecule has 4 rings (SSSR count). The molecule has 2 aromatic carbocycles. The molecule has 0 spiro atoms. The zero-order valence-corrected chi connectivity index (χ0v) is 16.4. The Labute approximate surface area is 167 Å². The summed E-state index contributed by atoms with van der Waals surface area (Å²) < 4.78 is 0. The van der Waals surface area contributed by atoms with E-state index in [0.717, 1.165) is 51.1 Å². The molecule has 0 aliphatic carbocycles. The lowest BCUT2D eigenvalue weighted by atomic mass is 10.0. The van der Waals surface area contributed by atoms with Gasteiger partial charge in [-0.15, -0.1) is 0 Å². The minimum Gasteiger partial charge on any atom is -0.396 e. The van der Waals surface area contributed by atoms with Crippen LogP contribution in [0.4, 0.5) is 0 Å². The average molecular weight is 376 g/mol. The Balaban J connectivity index is 1.41. The fourth-order valence-corrected chi connectivity index (χ4v) is 4.27. The third kappa shape index (κ3) is 4.58. The van der Waals surface area contributed by atoms with Gasteiger partial charge in [0.05, 0.1) is 5.52 Å². The SMILES string of the molecule is OCC[C@@H]1CN(Cc2ccnc3ccccc23)CCN1CCc1ccccc1. The van der Waals surface area contributed by atoms with E-state index in [0.29, 0.717) is 6.04 Å². The van der Waals surface area contributed by atoms with E-state index in [1.54, 1.807) is 0 Å². The van der Waals surface area contributed by atoms with E-state index in [1.165, 1.54) is 16.5 Å². The van der Waals surface area contributed by atoms with Gasteiger partial charge in [-0.1, -0.05) is 48.5 Å². The van der Waals surface area contributed by atoms with Gasteiger partial charge in [0.25, 0.3) is 0 Å². The van der Waals surface area contributed by atoms with E-state index in [9.17, 15) is 5.11 Å². The molecule has 0 amide bonds. The summed E-state index contributed by atoms with van der Waals surface area (Å²) in [5.74, 6) is 0. The highest BCUT2D eigenvalue weighted by atomic mass is 16.3. The fraction of sp³-hybridized carbons (Fsp3) is 0.375. The molecule has 146 valence electrons. The Bertz CT molecular complexity index is 878. The van der Waals surface area contributed by atoms with E-state index in [1.807, 2.05) is 12.3 Å². The predicted octanol–water partition coefficient (Wildman–Crippen LogP) is 3.35. The molecule has 1 aliphatic heterocycles. The molecule has 0 unspecified atom stereocenters. The zero-order valence-electron chi connectivity index (χ0n) is 16.4. The lowest BCUT2D eigenvalue weighted by Crippen LogP contribution is -2.53. The topological polar surface area (TPSA) is 39.6 Å². The van der Waals surface area contributed by atoms with Crippen LogP contribution in [0.1, 0.15) is 17.5 Å². The van der Waals surface area contributed by atoms with Crippen LogP contribution in [-0.4, -0.2) is 58.7 Å². The highest BCUT2D eigenvalue weighted by Crippen LogP contribution is 2.21. The van der Waals surface area contributed by atoms with Gasteiger partial charge in [0.15, 0.2) is 0 Å². The van der Waals surface area contributed by atoms with Crippen molar-refractivity contribution in [1.29, 1.82) is 0 Å². The average Bonchev–Trinajstić information content (AvgIpc) is 2.74. The van der Waals surface area contributed by atoms with Crippen LogP contribution in [0.2, 0.25) is 0 Å².